The molecule has 3 aromatic carbocycles. The van der Waals surface area contributed by atoms with Crippen molar-refractivity contribution in [2.75, 3.05) is 10.6 Å². The Morgan fingerprint density at radius 1 is 0.724 bits per heavy atom. The maximum Gasteiger partial charge on any atom is 0.229 e. The minimum absolute atomic E-state index is 0.549. The summed E-state index contributed by atoms with van der Waals surface area (Å²) in [4.78, 5) is 9.01. The number of aromatic nitrogens is 2. The number of hydrogen-bond donors (Lipinski definition) is 2. The fourth-order valence-electron chi connectivity index (χ4n) is 2.86. The van der Waals surface area contributed by atoms with Gasteiger partial charge in [-0.3, -0.25) is 0 Å². The quantitative estimate of drug-likeness (QED) is 0.420. The first kappa shape index (κ1) is 18.5. The van der Waals surface area contributed by atoms with E-state index in [0.717, 1.165) is 34.2 Å². The van der Waals surface area contributed by atoms with Crippen molar-refractivity contribution in [2.24, 2.45) is 0 Å². The number of anilines is 4. The standard InChI is InChI=1S/C24H22N4O/c1-18-16-23(28-24(25-18)27-20-10-6-3-7-11-20)26-21-12-14-22(15-13-21)29-17-19-8-4-2-5-9-19/h2-16H,17H2,1H3,(H2,25,26,27,28). The van der Waals surface area contributed by atoms with Crippen LogP contribution < -0.4 is 15.4 Å². The molecule has 1 heterocycles. The van der Waals surface area contributed by atoms with Crippen LogP contribution in [0.2, 0.25) is 0 Å². The average molecular weight is 382 g/mol. The molecule has 0 aliphatic heterocycles. The molecule has 0 radical (unpaired) electrons. The van der Waals surface area contributed by atoms with Crippen molar-refractivity contribution in [3.8, 4) is 5.75 Å². The van der Waals surface area contributed by atoms with Gasteiger partial charge in [-0.1, -0.05) is 48.5 Å². The summed E-state index contributed by atoms with van der Waals surface area (Å²) < 4.78 is 5.84. The highest BCUT2D eigenvalue weighted by Gasteiger charge is 2.04. The number of rotatable bonds is 7. The molecular weight excluding hydrogens is 360 g/mol. The Morgan fingerprint density at radius 3 is 2.10 bits per heavy atom. The van der Waals surface area contributed by atoms with Gasteiger partial charge in [0.25, 0.3) is 0 Å². The summed E-state index contributed by atoms with van der Waals surface area (Å²) in [5, 5.41) is 6.56. The summed E-state index contributed by atoms with van der Waals surface area (Å²) in [5.74, 6) is 2.11. The third kappa shape index (κ3) is 5.32. The van der Waals surface area contributed by atoms with Crippen molar-refractivity contribution in [1.82, 2.24) is 9.97 Å². The van der Waals surface area contributed by atoms with E-state index in [1.54, 1.807) is 0 Å². The van der Waals surface area contributed by atoms with Crippen LogP contribution in [0.15, 0.2) is 91.0 Å². The van der Waals surface area contributed by atoms with E-state index < -0.39 is 0 Å². The molecule has 2 N–H and O–H groups in total. The predicted molar refractivity (Wildman–Crippen MR) is 117 cm³/mol. The number of ether oxygens (including phenoxy) is 1. The molecule has 0 fully saturated rings. The van der Waals surface area contributed by atoms with Gasteiger partial charge in [0.1, 0.15) is 18.2 Å². The molecule has 4 rings (SSSR count). The van der Waals surface area contributed by atoms with Gasteiger partial charge in [0.05, 0.1) is 0 Å². The van der Waals surface area contributed by atoms with Crippen LogP contribution in [0.4, 0.5) is 23.1 Å². The van der Waals surface area contributed by atoms with Crippen LogP contribution in [0.25, 0.3) is 0 Å². The zero-order valence-corrected chi connectivity index (χ0v) is 16.2. The Bertz CT molecular complexity index is 1050. The molecule has 29 heavy (non-hydrogen) atoms. The molecular formula is C24H22N4O. The molecule has 0 amide bonds. The van der Waals surface area contributed by atoms with Crippen LogP contribution in [-0.4, -0.2) is 9.97 Å². The number of nitrogens with one attached hydrogen (secondary N) is 2. The lowest BCUT2D eigenvalue weighted by Gasteiger charge is -2.11. The lowest BCUT2D eigenvalue weighted by molar-refractivity contribution is 0.306. The fraction of sp³-hybridized carbons (Fsp3) is 0.0833. The van der Waals surface area contributed by atoms with Gasteiger partial charge in [0.2, 0.25) is 5.95 Å². The normalized spacial score (nSPS) is 10.4. The molecule has 0 saturated carbocycles. The van der Waals surface area contributed by atoms with Gasteiger partial charge < -0.3 is 15.4 Å². The Morgan fingerprint density at radius 2 is 1.38 bits per heavy atom. The minimum Gasteiger partial charge on any atom is -0.489 e. The molecule has 0 atom stereocenters. The topological polar surface area (TPSA) is 59.1 Å². The SMILES string of the molecule is Cc1cc(Nc2ccc(OCc3ccccc3)cc2)nc(Nc2ccccc2)n1. The monoisotopic (exact) mass is 382 g/mol. The summed E-state index contributed by atoms with van der Waals surface area (Å²) in [7, 11) is 0. The van der Waals surface area contributed by atoms with Crippen molar-refractivity contribution >= 4 is 23.1 Å². The van der Waals surface area contributed by atoms with Gasteiger partial charge >= 0.3 is 0 Å². The van der Waals surface area contributed by atoms with Gasteiger partial charge in [-0.05, 0) is 48.9 Å². The number of hydrogen-bond acceptors (Lipinski definition) is 5. The number of nitrogens with zero attached hydrogens (tertiary/aromatic N) is 2. The van der Waals surface area contributed by atoms with Crippen molar-refractivity contribution in [2.45, 2.75) is 13.5 Å². The third-order valence-corrected chi connectivity index (χ3v) is 4.26. The van der Waals surface area contributed by atoms with Gasteiger partial charge in [-0.15, -0.1) is 0 Å². The van der Waals surface area contributed by atoms with E-state index in [9.17, 15) is 0 Å². The number of benzene rings is 3. The smallest absolute Gasteiger partial charge is 0.229 e. The summed E-state index contributed by atoms with van der Waals surface area (Å²) >= 11 is 0. The van der Waals surface area contributed by atoms with Crippen LogP contribution in [0.1, 0.15) is 11.3 Å². The second-order valence-corrected chi connectivity index (χ2v) is 6.63. The van der Waals surface area contributed by atoms with E-state index in [4.69, 9.17) is 4.74 Å². The minimum atomic E-state index is 0.549. The molecule has 144 valence electrons. The highest BCUT2D eigenvalue weighted by atomic mass is 16.5. The van der Waals surface area contributed by atoms with Crippen molar-refractivity contribution in [1.29, 1.82) is 0 Å². The highest BCUT2D eigenvalue weighted by Crippen LogP contribution is 2.22. The van der Waals surface area contributed by atoms with Crippen LogP contribution in [0, 0.1) is 6.92 Å². The van der Waals surface area contributed by atoms with E-state index in [1.165, 1.54) is 0 Å². The molecule has 0 aliphatic rings. The predicted octanol–water partition coefficient (Wildman–Crippen LogP) is 5.85. The first-order valence-electron chi connectivity index (χ1n) is 9.46. The Labute approximate surface area is 170 Å². The van der Waals surface area contributed by atoms with Crippen molar-refractivity contribution in [3.63, 3.8) is 0 Å². The van der Waals surface area contributed by atoms with E-state index in [-0.39, 0.29) is 0 Å². The lowest BCUT2D eigenvalue weighted by atomic mass is 10.2. The molecule has 5 heteroatoms. The maximum absolute atomic E-state index is 5.84. The van der Waals surface area contributed by atoms with Crippen LogP contribution in [-0.2, 0) is 6.61 Å². The van der Waals surface area contributed by atoms with Crippen LogP contribution in [0.5, 0.6) is 5.75 Å². The number of para-hydroxylation sites is 1. The third-order valence-electron chi connectivity index (χ3n) is 4.26. The molecule has 0 aliphatic carbocycles. The second-order valence-electron chi connectivity index (χ2n) is 6.63. The van der Waals surface area contributed by atoms with Crippen LogP contribution >= 0.6 is 0 Å². The van der Waals surface area contributed by atoms with Crippen LogP contribution in [0.3, 0.4) is 0 Å². The zero-order valence-electron chi connectivity index (χ0n) is 16.2. The molecule has 4 aromatic rings. The Hall–Kier alpha value is -3.86. The van der Waals surface area contributed by atoms with Gasteiger partial charge in [-0.25, -0.2) is 4.98 Å². The Kier molecular flexibility index (Phi) is 5.67. The van der Waals surface area contributed by atoms with Crippen molar-refractivity contribution < 1.29 is 4.74 Å². The summed E-state index contributed by atoms with van der Waals surface area (Å²) in [6, 6.07) is 29.7. The lowest BCUT2D eigenvalue weighted by Crippen LogP contribution is -2.02. The molecule has 5 nitrogen and oxygen atoms in total. The fourth-order valence-corrected chi connectivity index (χ4v) is 2.86. The van der Waals surface area contributed by atoms with E-state index in [2.05, 4.69) is 32.7 Å². The second kappa shape index (κ2) is 8.89. The summed E-state index contributed by atoms with van der Waals surface area (Å²) in [6.07, 6.45) is 0. The van der Waals surface area contributed by atoms with Gasteiger partial charge in [-0.2, -0.15) is 4.98 Å². The van der Waals surface area contributed by atoms with E-state index in [0.29, 0.717) is 12.6 Å². The molecule has 0 spiro atoms. The summed E-state index contributed by atoms with van der Waals surface area (Å²) in [6.45, 7) is 2.50. The molecule has 0 bridgehead atoms. The largest absolute Gasteiger partial charge is 0.489 e. The molecule has 1 aromatic heterocycles. The maximum atomic E-state index is 5.84. The molecule has 0 unspecified atom stereocenters. The van der Waals surface area contributed by atoms with E-state index in [1.807, 2.05) is 85.8 Å². The highest BCUT2D eigenvalue weighted by molar-refractivity contribution is 5.60. The first-order chi connectivity index (χ1) is 14.2. The number of aryl methyl sites for hydroxylation is 1. The van der Waals surface area contributed by atoms with E-state index >= 15 is 0 Å². The molecule has 0 saturated heterocycles. The zero-order chi connectivity index (χ0) is 19.9. The first-order valence-corrected chi connectivity index (χ1v) is 9.46. The van der Waals surface area contributed by atoms with Crippen molar-refractivity contribution in [3.05, 3.63) is 102 Å². The Balaban J connectivity index is 1.41. The van der Waals surface area contributed by atoms with Gasteiger partial charge in [0, 0.05) is 23.1 Å². The summed E-state index contributed by atoms with van der Waals surface area (Å²) in [5.41, 5.74) is 3.90. The average Bonchev–Trinajstić information content (AvgIpc) is 2.74. The van der Waals surface area contributed by atoms with Gasteiger partial charge in [0.15, 0.2) is 0 Å².